The standard InChI is InChI=1S/C14H15N3O3S/c18-11(19)14(6-3-7-14)8-15-12(20)17-13-16-9-4-1-2-5-10(9)21-13/h1-2,4-5H,3,6-8H2,(H,18,19)(H2,15,16,17,20). The number of amides is 2. The van der Waals surface area contributed by atoms with E-state index in [0.29, 0.717) is 18.0 Å². The van der Waals surface area contributed by atoms with Crippen LogP contribution in [0.2, 0.25) is 0 Å². The van der Waals surface area contributed by atoms with E-state index in [1.165, 1.54) is 11.3 Å². The molecule has 0 saturated heterocycles. The molecule has 0 spiro atoms. The summed E-state index contributed by atoms with van der Waals surface area (Å²) in [5.41, 5.74) is 0.0454. The highest BCUT2D eigenvalue weighted by molar-refractivity contribution is 7.22. The van der Waals surface area contributed by atoms with E-state index in [0.717, 1.165) is 16.6 Å². The molecule has 2 amide bonds. The van der Waals surface area contributed by atoms with Gasteiger partial charge in [0.1, 0.15) is 0 Å². The average Bonchev–Trinajstić information content (AvgIpc) is 2.78. The number of para-hydroxylation sites is 1. The number of nitrogens with one attached hydrogen (secondary N) is 2. The van der Waals surface area contributed by atoms with E-state index in [4.69, 9.17) is 0 Å². The lowest BCUT2D eigenvalue weighted by Gasteiger charge is -2.37. The van der Waals surface area contributed by atoms with Crippen molar-refractivity contribution < 1.29 is 14.7 Å². The van der Waals surface area contributed by atoms with Gasteiger partial charge < -0.3 is 10.4 Å². The van der Waals surface area contributed by atoms with Crippen molar-refractivity contribution in [2.24, 2.45) is 5.41 Å². The van der Waals surface area contributed by atoms with Crippen LogP contribution in [0.4, 0.5) is 9.93 Å². The average molecular weight is 305 g/mol. The van der Waals surface area contributed by atoms with Crippen LogP contribution < -0.4 is 10.6 Å². The quantitative estimate of drug-likeness (QED) is 0.810. The molecule has 1 aliphatic carbocycles. The van der Waals surface area contributed by atoms with E-state index in [9.17, 15) is 14.7 Å². The van der Waals surface area contributed by atoms with Crippen LogP contribution in [0.3, 0.4) is 0 Å². The van der Waals surface area contributed by atoms with Gasteiger partial charge in [0.2, 0.25) is 0 Å². The van der Waals surface area contributed by atoms with Crippen molar-refractivity contribution in [2.45, 2.75) is 19.3 Å². The van der Waals surface area contributed by atoms with Crippen LogP contribution in [-0.2, 0) is 4.79 Å². The lowest BCUT2D eigenvalue weighted by molar-refractivity contribution is -0.153. The third kappa shape index (κ3) is 2.69. The van der Waals surface area contributed by atoms with Crippen molar-refractivity contribution in [3.8, 4) is 0 Å². The van der Waals surface area contributed by atoms with Gasteiger partial charge in [0.05, 0.1) is 15.6 Å². The number of carbonyl (C=O) groups excluding carboxylic acids is 1. The number of hydrogen-bond donors (Lipinski definition) is 3. The number of aliphatic carboxylic acids is 1. The lowest BCUT2D eigenvalue weighted by Crippen LogP contribution is -2.48. The van der Waals surface area contributed by atoms with Crippen LogP contribution in [-0.4, -0.2) is 28.6 Å². The van der Waals surface area contributed by atoms with Crippen LogP contribution in [0.1, 0.15) is 19.3 Å². The van der Waals surface area contributed by atoms with Crippen LogP contribution in [0.25, 0.3) is 10.2 Å². The van der Waals surface area contributed by atoms with Gasteiger partial charge in [-0.1, -0.05) is 29.9 Å². The number of carbonyl (C=O) groups is 2. The van der Waals surface area contributed by atoms with Gasteiger partial charge >= 0.3 is 12.0 Å². The molecule has 2 aromatic rings. The summed E-state index contributed by atoms with van der Waals surface area (Å²) >= 11 is 1.39. The first-order valence-electron chi connectivity index (χ1n) is 6.73. The second kappa shape index (κ2) is 5.33. The highest BCUT2D eigenvalue weighted by Crippen LogP contribution is 2.40. The zero-order valence-corrected chi connectivity index (χ0v) is 12.1. The number of carboxylic acid groups (broad SMARTS) is 1. The van der Waals surface area contributed by atoms with E-state index < -0.39 is 17.4 Å². The maximum Gasteiger partial charge on any atom is 0.321 e. The Hall–Kier alpha value is -2.15. The van der Waals surface area contributed by atoms with Crippen LogP contribution >= 0.6 is 11.3 Å². The fourth-order valence-electron chi connectivity index (χ4n) is 2.39. The molecule has 1 aliphatic rings. The van der Waals surface area contributed by atoms with Crippen molar-refractivity contribution in [1.29, 1.82) is 0 Å². The second-order valence-electron chi connectivity index (χ2n) is 5.23. The van der Waals surface area contributed by atoms with Gasteiger partial charge in [-0.05, 0) is 25.0 Å². The molecule has 21 heavy (non-hydrogen) atoms. The molecule has 3 N–H and O–H groups in total. The molecule has 1 aromatic carbocycles. The summed E-state index contributed by atoms with van der Waals surface area (Å²) < 4.78 is 0.994. The Kier molecular flexibility index (Phi) is 3.50. The fraction of sp³-hybridized carbons (Fsp3) is 0.357. The Morgan fingerprint density at radius 3 is 2.71 bits per heavy atom. The van der Waals surface area contributed by atoms with Crippen LogP contribution in [0, 0.1) is 5.41 Å². The van der Waals surface area contributed by atoms with E-state index >= 15 is 0 Å². The molecule has 0 unspecified atom stereocenters. The summed E-state index contributed by atoms with van der Waals surface area (Å²) in [5, 5.41) is 15.0. The molecule has 1 saturated carbocycles. The normalized spacial score (nSPS) is 16.2. The molecule has 0 aliphatic heterocycles. The number of hydrogen-bond acceptors (Lipinski definition) is 4. The number of rotatable bonds is 4. The molecule has 0 radical (unpaired) electrons. The van der Waals surface area contributed by atoms with Crippen molar-refractivity contribution in [2.75, 3.05) is 11.9 Å². The summed E-state index contributed by atoms with van der Waals surface area (Å²) in [7, 11) is 0. The van der Waals surface area contributed by atoms with E-state index in [-0.39, 0.29) is 6.54 Å². The van der Waals surface area contributed by atoms with Gasteiger partial charge in [-0.3, -0.25) is 10.1 Å². The Morgan fingerprint density at radius 1 is 1.33 bits per heavy atom. The number of fused-ring (bicyclic) bond motifs is 1. The minimum atomic E-state index is -0.839. The Labute approximate surface area is 125 Å². The summed E-state index contributed by atoms with van der Waals surface area (Å²) in [4.78, 5) is 27.4. The number of aromatic nitrogens is 1. The van der Waals surface area contributed by atoms with E-state index in [1.807, 2.05) is 24.3 Å². The molecule has 7 heteroatoms. The number of urea groups is 1. The number of anilines is 1. The summed E-state index contributed by atoms with van der Waals surface area (Å²) in [6.07, 6.45) is 2.13. The van der Waals surface area contributed by atoms with Crippen LogP contribution in [0.15, 0.2) is 24.3 Å². The van der Waals surface area contributed by atoms with Gasteiger partial charge in [0, 0.05) is 6.54 Å². The number of carboxylic acids is 1. The van der Waals surface area contributed by atoms with Crippen molar-refractivity contribution in [1.82, 2.24) is 10.3 Å². The number of benzene rings is 1. The molecule has 1 fully saturated rings. The highest BCUT2D eigenvalue weighted by atomic mass is 32.1. The van der Waals surface area contributed by atoms with Gasteiger partial charge in [0.15, 0.2) is 5.13 Å². The zero-order chi connectivity index (χ0) is 14.9. The third-order valence-electron chi connectivity index (χ3n) is 3.87. The third-order valence-corrected chi connectivity index (χ3v) is 4.82. The zero-order valence-electron chi connectivity index (χ0n) is 11.3. The van der Waals surface area contributed by atoms with Gasteiger partial charge in [-0.2, -0.15) is 0 Å². The minimum Gasteiger partial charge on any atom is -0.481 e. The van der Waals surface area contributed by atoms with E-state index in [2.05, 4.69) is 15.6 Å². The molecule has 110 valence electrons. The molecule has 1 heterocycles. The second-order valence-corrected chi connectivity index (χ2v) is 6.26. The predicted octanol–water partition coefficient (Wildman–Crippen LogP) is 2.67. The summed E-state index contributed by atoms with van der Waals surface area (Å²) in [5.74, 6) is -0.839. The van der Waals surface area contributed by atoms with Crippen molar-refractivity contribution in [3.05, 3.63) is 24.3 Å². The molecule has 0 bridgehead atoms. The Morgan fingerprint density at radius 2 is 2.10 bits per heavy atom. The van der Waals surface area contributed by atoms with Gasteiger partial charge in [-0.25, -0.2) is 9.78 Å². The highest BCUT2D eigenvalue weighted by Gasteiger charge is 2.44. The lowest BCUT2D eigenvalue weighted by atomic mass is 9.69. The van der Waals surface area contributed by atoms with Gasteiger partial charge in [0.25, 0.3) is 0 Å². The molecule has 0 atom stereocenters. The molecule has 3 rings (SSSR count). The first-order valence-corrected chi connectivity index (χ1v) is 7.55. The minimum absolute atomic E-state index is 0.152. The van der Waals surface area contributed by atoms with Crippen LogP contribution in [0.5, 0.6) is 0 Å². The predicted molar refractivity (Wildman–Crippen MR) is 80.6 cm³/mol. The first-order chi connectivity index (χ1) is 10.1. The Bertz CT molecular complexity index is 661. The maximum atomic E-state index is 11.9. The Balaban J connectivity index is 1.60. The summed E-state index contributed by atoms with van der Waals surface area (Å²) in [6.45, 7) is 0.152. The first kappa shape index (κ1) is 13.8. The molecular formula is C14H15N3O3S. The number of thiazole rings is 1. The molecule has 6 nitrogen and oxygen atoms in total. The summed E-state index contributed by atoms with van der Waals surface area (Å²) in [6, 6.07) is 7.20. The molecular weight excluding hydrogens is 290 g/mol. The van der Waals surface area contributed by atoms with Gasteiger partial charge in [-0.15, -0.1) is 0 Å². The SMILES string of the molecule is O=C(NCC1(C(=O)O)CCC1)Nc1nc2ccccc2s1. The number of nitrogens with zero attached hydrogens (tertiary/aromatic N) is 1. The van der Waals surface area contributed by atoms with Crippen molar-refractivity contribution in [3.63, 3.8) is 0 Å². The largest absolute Gasteiger partial charge is 0.481 e. The smallest absolute Gasteiger partial charge is 0.321 e. The maximum absolute atomic E-state index is 11.9. The van der Waals surface area contributed by atoms with Crippen molar-refractivity contribution >= 4 is 38.7 Å². The molecule has 1 aromatic heterocycles. The fourth-order valence-corrected chi connectivity index (χ4v) is 3.25. The van der Waals surface area contributed by atoms with E-state index in [1.54, 1.807) is 0 Å². The topological polar surface area (TPSA) is 91.3 Å². The monoisotopic (exact) mass is 305 g/mol.